The van der Waals surface area contributed by atoms with Crippen LogP contribution in [0.5, 0.6) is 0 Å². The molecule has 4 aromatic rings. The van der Waals surface area contributed by atoms with E-state index in [4.69, 9.17) is 9.98 Å². The van der Waals surface area contributed by atoms with Gasteiger partial charge in [-0.3, -0.25) is 0 Å². The van der Waals surface area contributed by atoms with Crippen molar-refractivity contribution in [1.29, 1.82) is 0 Å². The molecule has 4 rings (SSSR count). The number of hydrogen-bond acceptors (Lipinski definition) is 2. The molecule has 0 saturated carbocycles. The Hall–Kier alpha value is -2.74. The molecule has 0 heterocycles. The van der Waals surface area contributed by atoms with Gasteiger partial charge in [0.15, 0.2) is 0 Å². The van der Waals surface area contributed by atoms with E-state index in [0.717, 1.165) is 0 Å². The van der Waals surface area contributed by atoms with Crippen LogP contribution in [0.1, 0.15) is 48.2 Å². The van der Waals surface area contributed by atoms with Crippen LogP contribution in [0, 0.1) is 0 Å². The van der Waals surface area contributed by atoms with Gasteiger partial charge in [-0.25, -0.2) is 0 Å². The van der Waals surface area contributed by atoms with Gasteiger partial charge in [0, 0.05) is 0 Å². The van der Waals surface area contributed by atoms with Gasteiger partial charge in [-0.2, -0.15) is 0 Å². The summed E-state index contributed by atoms with van der Waals surface area (Å²) in [6.07, 6.45) is 4.11. The second-order valence-electron chi connectivity index (χ2n) is 7.97. The second kappa shape index (κ2) is 12.6. The first-order chi connectivity index (χ1) is 16.7. The van der Waals surface area contributed by atoms with E-state index < -0.39 is 0 Å². The van der Waals surface area contributed by atoms with Gasteiger partial charge in [0.25, 0.3) is 0 Å². The van der Waals surface area contributed by atoms with Gasteiger partial charge in [-0.1, -0.05) is 0 Å². The summed E-state index contributed by atoms with van der Waals surface area (Å²) in [4.78, 5) is 9.69. The van der Waals surface area contributed by atoms with Crippen LogP contribution in [0.15, 0.2) is 119 Å². The SMILES string of the molecule is C[C@@H](N=Cc1ccccc1[Se][Se]c1ccccc1C=N[C@H](C)c1ccccc1)c1ccccc1. The molecule has 4 heteroatoms. The number of nitrogens with zero attached hydrogens (tertiary/aromatic N) is 2. The molecule has 2 nitrogen and oxygen atoms in total. The zero-order valence-corrected chi connectivity index (χ0v) is 22.8. The Morgan fingerprint density at radius 2 is 0.853 bits per heavy atom. The summed E-state index contributed by atoms with van der Waals surface area (Å²) in [6.45, 7) is 4.30. The van der Waals surface area contributed by atoms with Crippen LogP contribution in [0.3, 0.4) is 0 Å². The predicted octanol–water partition coefficient (Wildman–Crippen LogP) is 5.32. The number of benzene rings is 4. The molecule has 0 radical (unpaired) electrons. The Morgan fingerprint density at radius 1 is 0.500 bits per heavy atom. The van der Waals surface area contributed by atoms with Crippen molar-refractivity contribution in [2.75, 3.05) is 0 Å². The molecule has 0 bridgehead atoms. The molecule has 0 aromatic heterocycles. The average Bonchev–Trinajstić information content (AvgIpc) is 2.91. The van der Waals surface area contributed by atoms with Gasteiger partial charge in [0.05, 0.1) is 0 Å². The molecule has 2 atom stereocenters. The average molecular weight is 574 g/mol. The number of rotatable bonds is 9. The Balaban J connectivity index is 1.45. The summed E-state index contributed by atoms with van der Waals surface area (Å²) in [6, 6.07) is 38.6. The van der Waals surface area contributed by atoms with Crippen molar-refractivity contribution in [2.24, 2.45) is 9.98 Å². The van der Waals surface area contributed by atoms with Crippen molar-refractivity contribution in [3.8, 4) is 0 Å². The van der Waals surface area contributed by atoms with E-state index in [-0.39, 0.29) is 12.1 Å². The van der Waals surface area contributed by atoms with Crippen LogP contribution in [0.2, 0.25) is 0 Å². The van der Waals surface area contributed by atoms with Crippen molar-refractivity contribution in [2.45, 2.75) is 25.9 Å². The Bertz CT molecular complexity index is 1140. The van der Waals surface area contributed by atoms with E-state index in [1.807, 2.05) is 12.1 Å². The summed E-state index contributed by atoms with van der Waals surface area (Å²) in [5.41, 5.74) is 4.94. The fourth-order valence-electron chi connectivity index (χ4n) is 3.44. The van der Waals surface area contributed by atoms with Crippen LogP contribution in [0.4, 0.5) is 0 Å². The molecule has 4 aromatic carbocycles. The first-order valence-electron chi connectivity index (χ1n) is 11.4. The van der Waals surface area contributed by atoms with Gasteiger partial charge < -0.3 is 0 Å². The summed E-state index contributed by atoms with van der Waals surface area (Å²) < 4.78 is 2.81. The Kier molecular flexibility index (Phi) is 9.07. The summed E-state index contributed by atoms with van der Waals surface area (Å²) in [7, 11) is 0. The molecule has 0 fully saturated rings. The quantitative estimate of drug-likeness (QED) is 0.191. The molecule has 0 unspecified atom stereocenters. The molecule has 0 amide bonds. The van der Waals surface area contributed by atoms with Gasteiger partial charge in [0.2, 0.25) is 0 Å². The monoisotopic (exact) mass is 576 g/mol. The van der Waals surface area contributed by atoms with E-state index in [2.05, 4.69) is 123 Å². The van der Waals surface area contributed by atoms with E-state index in [9.17, 15) is 0 Å². The van der Waals surface area contributed by atoms with E-state index in [1.165, 1.54) is 31.2 Å². The first-order valence-corrected chi connectivity index (χ1v) is 17.4. The molecule has 0 aliphatic rings. The minimum absolute atomic E-state index is 0.149. The van der Waals surface area contributed by atoms with Crippen LogP contribution in [-0.2, 0) is 0 Å². The van der Waals surface area contributed by atoms with Crippen molar-refractivity contribution in [1.82, 2.24) is 0 Å². The molecule has 34 heavy (non-hydrogen) atoms. The number of aliphatic imine (C=N–C) groups is 2. The van der Waals surface area contributed by atoms with Crippen LogP contribution < -0.4 is 8.92 Å². The molecule has 170 valence electrons. The standard InChI is InChI=1S/C30H28N2Se2/c1-23(25-13-5-3-6-14-25)31-21-27-17-9-11-19-29(27)33-34-30-20-12-10-18-28(30)22-32-24(2)26-15-7-4-8-16-26/h3-24H,1-2H3/t23-,24-/m1/s1. The third-order valence-electron chi connectivity index (χ3n) is 5.50. The summed E-state index contributed by atoms with van der Waals surface area (Å²) >= 11 is 0.723. The predicted molar refractivity (Wildman–Crippen MR) is 149 cm³/mol. The van der Waals surface area contributed by atoms with Gasteiger partial charge in [0.1, 0.15) is 0 Å². The third kappa shape index (κ3) is 6.88. The van der Waals surface area contributed by atoms with Crippen LogP contribution in [0.25, 0.3) is 0 Å². The van der Waals surface area contributed by atoms with Gasteiger partial charge in [-0.05, 0) is 0 Å². The fraction of sp³-hybridized carbons (Fsp3) is 0.133. The first kappa shape index (κ1) is 24.4. The summed E-state index contributed by atoms with van der Waals surface area (Å²) in [5, 5.41) is 0. The Labute approximate surface area is 214 Å². The topological polar surface area (TPSA) is 24.7 Å². The maximum absolute atomic E-state index is 4.85. The zero-order valence-electron chi connectivity index (χ0n) is 19.4. The van der Waals surface area contributed by atoms with Gasteiger partial charge >= 0.3 is 215 Å². The fourth-order valence-corrected chi connectivity index (χ4v) is 10.6. The third-order valence-corrected chi connectivity index (χ3v) is 12.8. The van der Waals surface area contributed by atoms with E-state index >= 15 is 0 Å². The minimum atomic E-state index is 0.149. The molecule has 0 N–H and O–H groups in total. The van der Waals surface area contributed by atoms with Crippen molar-refractivity contribution in [3.63, 3.8) is 0 Å². The molecular formula is C30H28N2Se2. The maximum atomic E-state index is 4.85. The van der Waals surface area contributed by atoms with Crippen molar-refractivity contribution >= 4 is 47.6 Å². The normalized spacial score (nSPS) is 13.4. The molecule has 0 spiro atoms. The molecule has 0 aliphatic heterocycles. The van der Waals surface area contributed by atoms with Crippen molar-refractivity contribution < 1.29 is 0 Å². The van der Waals surface area contributed by atoms with Gasteiger partial charge in [-0.15, -0.1) is 0 Å². The molecular weight excluding hydrogens is 546 g/mol. The van der Waals surface area contributed by atoms with E-state index in [1.54, 1.807) is 0 Å². The summed E-state index contributed by atoms with van der Waals surface area (Å²) in [5.74, 6) is 0. The van der Waals surface area contributed by atoms with Crippen LogP contribution >= 0.6 is 0 Å². The second-order valence-corrected chi connectivity index (χ2v) is 14.2. The van der Waals surface area contributed by atoms with Crippen LogP contribution in [-0.4, -0.2) is 38.7 Å². The molecule has 0 saturated heterocycles. The Morgan fingerprint density at radius 3 is 1.26 bits per heavy atom. The number of hydrogen-bond donors (Lipinski definition) is 0. The van der Waals surface area contributed by atoms with Crippen molar-refractivity contribution in [3.05, 3.63) is 131 Å². The van der Waals surface area contributed by atoms with E-state index in [0.29, 0.717) is 26.3 Å². The molecule has 0 aliphatic carbocycles. The zero-order chi connectivity index (χ0) is 23.6.